The predicted molar refractivity (Wildman–Crippen MR) is 82.6 cm³/mol. The van der Waals surface area contributed by atoms with E-state index in [1.807, 2.05) is 11.8 Å². The van der Waals surface area contributed by atoms with Gasteiger partial charge in [-0.1, -0.05) is 6.92 Å². The summed E-state index contributed by atoms with van der Waals surface area (Å²) in [6, 6.07) is 1.29. The minimum Gasteiger partial charge on any atom is -0.341 e. The molecule has 2 aliphatic rings. The number of rotatable bonds is 4. The topological polar surface area (TPSA) is 58.4 Å². The molecule has 132 valence electrons. The van der Waals surface area contributed by atoms with Gasteiger partial charge in [-0.25, -0.2) is 4.68 Å². The van der Waals surface area contributed by atoms with Crippen molar-refractivity contribution in [1.82, 2.24) is 19.6 Å². The Morgan fingerprint density at radius 3 is 2.67 bits per heavy atom. The molecule has 2 saturated heterocycles. The Labute approximate surface area is 139 Å². The maximum Gasteiger partial charge on any atom is 0.333 e. The van der Waals surface area contributed by atoms with Crippen LogP contribution in [0, 0.1) is 0 Å². The van der Waals surface area contributed by atoms with Crippen molar-refractivity contribution in [2.24, 2.45) is 0 Å². The molecule has 0 aliphatic carbocycles. The second kappa shape index (κ2) is 6.49. The van der Waals surface area contributed by atoms with E-state index in [1.165, 1.54) is 6.07 Å². The van der Waals surface area contributed by atoms with E-state index < -0.39 is 18.0 Å². The van der Waals surface area contributed by atoms with Gasteiger partial charge in [0.05, 0.1) is 0 Å². The maximum absolute atomic E-state index is 13.0. The van der Waals surface area contributed by atoms with Gasteiger partial charge in [-0.05, 0) is 38.2 Å². The van der Waals surface area contributed by atoms with Crippen LogP contribution in [0.5, 0.6) is 0 Å². The van der Waals surface area contributed by atoms with Gasteiger partial charge in [-0.3, -0.25) is 9.59 Å². The molecule has 1 atom stereocenters. The molecule has 0 radical (unpaired) electrons. The minimum absolute atomic E-state index is 0.00487. The number of nitrogens with zero attached hydrogens (tertiary/aromatic N) is 4. The van der Waals surface area contributed by atoms with E-state index in [0.717, 1.165) is 32.0 Å². The van der Waals surface area contributed by atoms with Gasteiger partial charge in [0.1, 0.15) is 5.54 Å². The molecule has 1 unspecified atom stereocenters. The van der Waals surface area contributed by atoms with Crippen LogP contribution in [0.25, 0.3) is 0 Å². The third kappa shape index (κ3) is 2.67. The van der Waals surface area contributed by atoms with Gasteiger partial charge in [-0.2, -0.15) is 13.9 Å². The number of hydrogen-bond acceptors (Lipinski definition) is 3. The zero-order valence-electron chi connectivity index (χ0n) is 13.8. The molecular weight excluding hydrogens is 318 g/mol. The fourth-order valence-electron chi connectivity index (χ4n) is 3.90. The van der Waals surface area contributed by atoms with Crippen LogP contribution in [0.4, 0.5) is 8.78 Å². The van der Waals surface area contributed by atoms with Crippen molar-refractivity contribution in [3.05, 3.63) is 18.0 Å². The van der Waals surface area contributed by atoms with Gasteiger partial charge in [0.15, 0.2) is 5.69 Å². The first kappa shape index (κ1) is 16.9. The van der Waals surface area contributed by atoms with Gasteiger partial charge in [-0.15, -0.1) is 0 Å². The van der Waals surface area contributed by atoms with E-state index in [9.17, 15) is 18.4 Å². The first-order chi connectivity index (χ1) is 11.5. The number of amides is 2. The molecule has 6 nitrogen and oxygen atoms in total. The normalized spacial score (nSPS) is 24.4. The van der Waals surface area contributed by atoms with Gasteiger partial charge >= 0.3 is 6.55 Å². The molecule has 3 rings (SSSR count). The highest BCUT2D eigenvalue weighted by molar-refractivity contribution is 5.98. The summed E-state index contributed by atoms with van der Waals surface area (Å²) in [6.45, 7) is 1.10. The van der Waals surface area contributed by atoms with E-state index >= 15 is 0 Å². The van der Waals surface area contributed by atoms with Crippen molar-refractivity contribution in [2.45, 2.75) is 51.1 Å². The molecule has 24 heavy (non-hydrogen) atoms. The molecule has 2 amide bonds. The lowest BCUT2D eigenvalue weighted by Crippen LogP contribution is -2.61. The highest BCUT2D eigenvalue weighted by Crippen LogP contribution is 2.39. The fraction of sp³-hybridized carbons (Fsp3) is 0.688. The number of aromatic nitrogens is 2. The number of hydrogen-bond donors (Lipinski definition) is 0. The third-order valence-corrected chi connectivity index (χ3v) is 4.96. The van der Waals surface area contributed by atoms with Crippen LogP contribution in [0.3, 0.4) is 0 Å². The number of piperidine rings is 1. The van der Waals surface area contributed by atoms with Crippen molar-refractivity contribution >= 4 is 11.8 Å². The Kier molecular flexibility index (Phi) is 4.56. The summed E-state index contributed by atoms with van der Waals surface area (Å²) < 4.78 is 25.8. The summed E-state index contributed by atoms with van der Waals surface area (Å²) in [5, 5.41) is 3.66. The second-order valence-corrected chi connectivity index (χ2v) is 6.45. The fourth-order valence-corrected chi connectivity index (χ4v) is 3.90. The molecule has 1 spiro atoms. The molecule has 0 bridgehead atoms. The number of likely N-dealkylation sites (tertiary alicyclic amines) is 2. The highest BCUT2D eigenvalue weighted by atomic mass is 19.3. The Morgan fingerprint density at radius 1 is 1.33 bits per heavy atom. The summed E-state index contributed by atoms with van der Waals surface area (Å²) in [7, 11) is 0. The zero-order chi connectivity index (χ0) is 17.3. The van der Waals surface area contributed by atoms with Crippen molar-refractivity contribution in [1.29, 1.82) is 0 Å². The summed E-state index contributed by atoms with van der Waals surface area (Å²) in [6.07, 6.45) is 4.82. The highest BCUT2D eigenvalue weighted by Gasteiger charge is 2.52. The molecule has 2 aliphatic heterocycles. The Morgan fingerprint density at radius 2 is 2.04 bits per heavy atom. The largest absolute Gasteiger partial charge is 0.341 e. The lowest BCUT2D eigenvalue weighted by molar-refractivity contribution is -0.145. The third-order valence-electron chi connectivity index (χ3n) is 4.96. The lowest BCUT2D eigenvalue weighted by atomic mass is 9.85. The van der Waals surface area contributed by atoms with E-state index in [4.69, 9.17) is 0 Å². The molecule has 1 aromatic heterocycles. The molecule has 0 saturated carbocycles. The van der Waals surface area contributed by atoms with Crippen molar-refractivity contribution in [2.75, 3.05) is 19.6 Å². The van der Waals surface area contributed by atoms with E-state index in [0.29, 0.717) is 30.6 Å². The molecule has 2 fully saturated rings. The SMILES string of the molecule is CCCN1CCCC2(CCCN2C(=O)c2ccn(C(F)F)n2)C1=O. The van der Waals surface area contributed by atoms with Crippen LogP contribution in [-0.4, -0.2) is 56.6 Å². The Hall–Kier alpha value is -1.99. The van der Waals surface area contributed by atoms with Gasteiger partial charge in [0.25, 0.3) is 5.91 Å². The molecule has 0 N–H and O–H groups in total. The second-order valence-electron chi connectivity index (χ2n) is 6.45. The van der Waals surface area contributed by atoms with Gasteiger partial charge in [0.2, 0.25) is 5.91 Å². The standard InChI is InChI=1S/C16H22F2N4O2/c1-2-8-20-9-3-6-16(14(20)24)7-4-10-21(16)13(23)12-5-11-22(19-12)15(17)18/h5,11,15H,2-4,6-10H2,1H3. The van der Waals surface area contributed by atoms with Gasteiger partial charge in [0, 0.05) is 25.8 Å². The first-order valence-corrected chi connectivity index (χ1v) is 8.44. The van der Waals surface area contributed by atoms with Crippen LogP contribution in [0.2, 0.25) is 0 Å². The summed E-state index contributed by atoms with van der Waals surface area (Å²) in [5.41, 5.74) is -0.851. The Balaban J connectivity index is 1.86. The Bertz CT molecular complexity index is 631. The van der Waals surface area contributed by atoms with Crippen LogP contribution in [0.1, 0.15) is 56.1 Å². The van der Waals surface area contributed by atoms with Crippen LogP contribution in [-0.2, 0) is 4.79 Å². The van der Waals surface area contributed by atoms with Crippen molar-refractivity contribution in [3.8, 4) is 0 Å². The number of carbonyl (C=O) groups is 2. The van der Waals surface area contributed by atoms with E-state index in [1.54, 1.807) is 4.90 Å². The quantitative estimate of drug-likeness (QED) is 0.845. The zero-order valence-corrected chi connectivity index (χ0v) is 13.8. The van der Waals surface area contributed by atoms with E-state index in [2.05, 4.69) is 5.10 Å². The summed E-state index contributed by atoms with van der Waals surface area (Å²) in [5.74, 6) is -0.437. The number of alkyl halides is 2. The summed E-state index contributed by atoms with van der Waals surface area (Å²) in [4.78, 5) is 29.2. The monoisotopic (exact) mass is 340 g/mol. The smallest absolute Gasteiger partial charge is 0.333 e. The first-order valence-electron chi connectivity index (χ1n) is 8.44. The number of carbonyl (C=O) groups excluding carboxylic acids is 2. The van der Waals surface area contributed by atoms with E-state index in [-0.39, 0.29) is 11.6 Å². The van der Waals surface area contributed by atoms with Crippen LogP contribution in [0.15, 0.2) is 12.3 Å². The van der Waals surface area contributed by atoms with Gasteiger partial charge < -0.3 is 9.80 Å². The molecule has 0 aromatic carbocycles. The van der Waals surface area contributed by atoms with Crippen molar-refractivity contribution in [3.63, 3.8) is 0 Å². The summed E-state index contributed by atoms with van der Waals surface area (Å²) >= 11 is 0. The maximum atomic E-state index is 13.0. The molecular formula is C16H22F2N4O2. The minimum atomic E-state index is -2.78. The lowest BCUT2D eigenvalue weighted by Gasteiger charge is -2.44. The van der Waals surface area contributed by atoms with Crippen LogP contribution < -0.4 is 0 Å². The predicted octanol–water partition coefficient (Wildman–Crippen LogP) is 2.29. The average Bonchev–Trinajstić information content (AvgIpc) is 3.20. The molecule has 8 heteroatoms. The number of halogens is 2. The molecule has 3 heterocycles. The molecule has 1 aromatic rings. The average molecular weight is 340 g/mol. The van der Waals surface area contributed by atoms with Crippen LogP contribution >= 0.6 is 0 Å². The van der Waals surface area contributed by atoms with Crippen molar-refractivity contribution < 1.29 is 18.4 Å².